The number of aryl methyl sites for hydroxylation is 2. The van der Waals surface area contributed by atoms with E-state index in [1.165, 1.54) is 10.6 Å². The van der Waals surface area contributed by atoms with Crippen LogP contribution in [-0.2, 0) is 7.05 Å². The maximum absolute atomic E-state index is 12.5. The number of rotatable bonds is 6. The minimum Gasteiger partial charge on any atom is -0.356 e. The standard InChI is InChI=1S/C25H31N5O3/c1-15(2)24-26-13-20(21-11-16(3)29-33-21)23(28-24)18-7-5-17(6-8-18)12-27-25(32)19-9-10-22(31)30(4)14-19/h9-11,13-15,17-18H,5-8,12H2,1-4H3,(H,27,32). The van der Waals surface area contributed by atoms with Gasteiger partial charge >= 0.3 is 0 Å². The van der Waals surface area contributed by atoms with E-state index in [-0.39, 0.29) is 17.4 Å². The van der Waals surface area contributed by atoms with E-state index in [1.54, 1.807) is 19.3 Å². The lowest BCUT2D eigenvalue weighted by Gasteiger charge is -2.29. The summed E-state index contributed by atoms with van der Waals surface area (Å²) in [6, 6.07) is 4.92. The van der Waals surface area contributed by atoms with E-state index in [9.17, 15) is 9.59 Å². The van der Waals surface area contributed by atoms with Crippen LogP contribution in [0.1, 0.15) is 78.9 Å². The van der Waals surface area contributed by atoms with Crippen LogP contribution in [0.3, 0.4) is 0 Å². The molecule has 0 aromatic carbocycles. The quantitative estimate of drug-likeness (QED) is 0.611. The van der Waals surface area contributed by atoms with Crippen molar-refractivity contribution in [1.82, 2.24) is 25.0 Å². The molecule has 33 heavy (non-hydrogen) atoms. The van der Waals surface area contributed by atoms with Crippen molar-refractivity contribution in [2.45, 2.75) is 58.3 Å². The number of hydrogen-bond donors (Lipinski definition) is 1. The lowest BCUT2D eigenvalue weighted by Crippen LogP contribution is -2.32. The molecule has 1 aliphatic carbocycles. The van der Waals surface area contributed by atoms with Crippen LogP contribution in [0.15, 0.2) is 39.9 Å². The Kier molecular flexibility index (Phi) is 6.72. The van der Waals surface area contributed by atoms with E-state index in [1.807, 2.05) is 19.2 Å². The molecule has 3 aromatic heterocycles. The molecule has 1 amide bonds. The maximum atomic E-state index is 12.5. The minimum absolute atomic E-state index is 0.130. The van der Waals surface area contributed by atoms with E-state index in [0.717, 1.165) is 48.5 Å². The van der Waals surface area contributed by atoms with Gasteiger partial charge < -0.3 is 14.4 Å². The Hall–Kier alpha value is -3.29. The number of carbonyl (C=O) groups is 1. The fourth-order valence-corrected chi connectivity index (χ4v) is 4.39. The summed E-state index contributed by atoms with van der Waals surface area (Å²) in [6.07, 6.45) is 7.45. The number of nitrogens with zero attached hydrogens (tertiary/aromatic N) is 4. The monoisotopic (exact) mass is 449 g/mol. The largest absolute Gasteiger partial charge is 0.356 e. The number of aromatic nitrogens is 4. The molecule has 174 valence electrons. The summed E-state index contributed by atoms with van der Waals surface area (Å²) in [5, 5.41) is 7.07. The van der Waals surface area contributed by atoms with Crippen molar-refractivity contribution in [1.29, 1.82) is 0 Å². The Balaban J connectivity index is 1.42. The predicted octanol–water partition coefficient (Wildman–Crippen LogP) is 3.97. The zero-order valence-electron chi connectivity index (χ0n) is 19.7. The third-order valence-electron chi connectivity index (χ3n) is 6.38. The first-order valence-corrected chi connectivity index (χ1v) is 11.6. The van der Waals surface area contributed by atoms with E-state index in [0.29, 0.717) is 29.7 Å². The van der Waals surface area contributed by atoms with Gasteiger partial charge in [-0.15, -0.1) is 0 Å². The molecular formula is C25H31N5O3. The van der Waals surface area contributed by atoms with Crippen molar-refractivity contribution in [2.24, 2.45) is 13.0 Å². The predicted molar refractivity (Wildman–Crippen MR) is 125 cm³/mol. The lowest BCUT2D eigenvalue weighted by atomic mass is 9.79. The summed E-state index contributed by atoms with van der Waals surface area (Å²) in [5.74, 6) is 2.40. The van der Waals surface area contributed by atoms with E-state index in [4.69, 9.17) is 9.51 Å². The highest BCUT2D eigenvalue weighted by atomic mass is 16.5. The number of hydrogen-bond acceptors (Lipinski definition) is 6. The SMILES string of the molecule is Cc1cc(-c2cnc(C(C)C)nc2C2CCC(CNC(=O)c3ccc(=O)n(C)c3)CC2)on1. The normalized spacial score (nSPS) is 18.5. The number of carbonyl (C=O) groups excluding carboxylic acids is 1. The molecule has 1 aliphatic rings. The molecule has 1 saturated carbocycles. The van der Waals surface area contributed by atoms with E-state index < -0.39 is 0 Å². The van der Waals surface area contributed by atoms with Gasteiger partial charge in [-0.05, 0) is 44.6 Å². The molecule has 0 saturated heterocycles. The van der Waals surface area contributed by atoms with Crippen molar-refractivity contribution in [3.63, 3.8) is 0 Å². The highest BCUT2D eigenvalue weighted by molar-refractivity contribution is 5.93. The number of pyridine rings is 1. The fraction of sp³-hybridized carbons (Fsp3) is 0.480. The summed E-state index contributed by atoms with van der Waals surface area (Å²) in [4.78, 5) is 33.5. The Morgan fingerprint density at radius 1 is 1.24 bits per heavy atom. The van der Waals surface area contributed by atoms with Gasteiger partial charge in [-0.1, -0.05) is 19.0 Å². The Labute approximate surface area is 193 Å². The average molecular weight is 450 g/mol. The van der Waals surface area contributed by atoms with E-state index in [2.05, 4.69) is 29.3 Å². The second-order valence-electron chi connectivity index (χ2n) is 9.31. The molecule has 0 unspecified atom stereocenters. The van der Waals surface area contributed by atoms with Crippen LogP contribution in [0.25, 0.3) is 11.3 Å². The Bertz CT molecular complexity index is 1190. The molecule has 0 spiro atoms. The minimum atomic E-state index is -0.145. The summed E-state index contributed by atoms with van der Waals surface area (Å²) in [6.45, 7) is 6.73. The van der Waals surface area contributed by atoms with Gasteiger partial charge in [0.2, 0.25) is 5.56 Å². The first-order valence-electron chi connectivity index (χ1n) is 11.6. The molecule has 0 atom stereocenters. The first-order chi connectivity index (χ1) is 15.8. The average Bonchev–Trinajstić information content (AvgIpc) is 3.25. The molecular weight excluding hydrogens is 418 g/mol. The Morgan fingerprint density at radius 2 is 2.00 bits per heavy atom. The molecule has 3 heterocycles. The van der Waals surface area contributed by atoms with Crippen LogP contribution in [0, 0.1) is 12.8 Å². The van der Waals surface area contributed by atoms with Crippen molar-refractivity contribution in [3.8, 4) is 11.3 Å². The van der Waals surface area contributed by atoms with Crippen LogP contribution in [-0.4, -0.2) is 32.1 Å². The molecule has 3 aromatic rings. The third-order valence-corrected chi connectivity index (χ3v) is 6.38. The molecule has 0 radical (unpaired) electrons. The molecule has 4 rings (SSSR count). The first kappa shape index (κ1) is 22.9. The second kappa shape index (κ2) is 9.68. The van der Waals surface area contributed by atoms with Crippen molar-refractivity contribution < 1.29 is 9.32 Å². The zero-order valence-corrected chi connectivity index (χ0v) is 19.7. The van der Waals surface area contributed by atoms with Crippen molar-refractivity contribution in [3.05, 3.63) is 63.7 Å². The van der Waals surface area contributed by atoms with Gasteiger partial charge in [-0.25, -0.2) is 9.97 Å². The van der Waals surface area contributed by atoms with Gasteiger partial charge in [0.25, 0.3) is 5.91 Å². The molecule has 8 heteroatoms. The van der Waals surface area contributed by atoms with Gasteiger partial charge in [0.15, 0.2) is 5.76 Å². The summed E-state index contributed by atoms with van der Waals surface area (Å²) in [5.41, 5.74) is 3.17. The topological polar surface area (TPSA) is 103 Å². The van der Waals surface area contributed by atoms with Crippen LogP contribution in [0.2, 0.25) is 0 Å². The van der Waals surface area contributed by atoms with Gasteiger partial charge in [-0.2, -0.15) is 0 Å². The third kappa shape index (κ3) is 5.21. The lowest BCUT2D eigenvalue weighted by molar-refractivity contribution is 0.0942. The highest BCUT2D eigenvalue weighted by Crippen LogP contribution is 2.39. The van der Waals surface area contributed by atoms with Crippen molar-refractivity contribution >= 4 is 5.91 Å². The fourth-order valence-electron chi connectivity index (χ4n) is 4.39. The van der Waals surface area contributed by atoms with E-state index >= 15 is 0 Å². The molecule has 0 aliphatic heterocycles. The molecule has 1 fully saturated rings. The summed E-state index contributed by atoms with van der Waals surface area (Å²) < 4.78 is 6.94. The number of amides is 1. The second-order valence-corrected chi connectivity index (χ2v) is 9.31. The smallest absolute Gasteiger partial charge is 0.252 e. The maximum Gasteiger partial charge on any atom is 0.252 e. The van der Waals surface area contributed by atoms with Crippen LogP contribution < -0.4 is 10.9 Å². The van der Waals surface area contributed by atoms with Crippen LogP contribution in [0.4, 0.5) is 0 Å². The number of nitrogens with one attached hydrogen (secondary N) is 1. The van der Waals surface area contributed by atoms with Gasteiger partial charge in [0.05, 0.1) is 22.5 Å². The van der Waals surface area contributed by atoms with Gasteiger partial charge in [0, 0.05) is 50.0 Å². The zero-order chi connectivity index (χ0) is 23.5. The Morgan fingerprint density at radius 3 is 2.64 bits per heavy atom. The van der Waals surface area contributed by atoms with Crippen LogP contribution >= 0.6 is 0 Å². The van der Waals surface area contributed by atoms with Gasteiger partial charge in [0.1, 0.15) is 5.82 Å². The van der Waals surface area contributed by atoms with Crippen LogP contribution in [0.5, 0.6) is 0 Å². The summed E-state index contributed by atoms with van der Waals surface area (Å²) in [7, 11) is 1.65. The molecule has 1 N–H and O–H groups in total. The molecule has 0 bridgehead atoms. The van der Waals surface area contributed by atoms with Gasteiger partial charge in [-0.3, -0.25) is 9.59 Å². The highest BCUT2D eigenvalue weighted by Gasteiger charge is 2.28. The molecule has 8 nitrogen and oxygen atoms in total. The van der Waals surface area contributed by atoms with Crippen molar-refractivity contribution in [2.75, 3.05) is 6.54 Å². The summed E-state index contributed by atoms with van der Waals surface area (Å²) >= 11 is 0.